The van der Waals surface area contributed by atoms with Crippen molar-refractivity contribution in [1.82, 2.24) is 29.9 Å². The van der Waals surface area contributed by atoms with Crippen molar-refractivity contribution >= 4 is 5.91 Å². The Hall–Kier alpha value is -2.71. The van der Waals surface area contributed by atoms with Crippen molar-refractivity contribution < 1.29 is 9.53 Å². The number of amides is 1. The van der Waals surface area contributed by atoms with Gasteiger partial charge in [-0.25, -0.2) is 0 Å². The van der Waals surface area contributed by atoms with Crippen LogP contribution in [-0.2, 0) is 30.8 Å². The smallest absolute Gasteiger partial charge is 0.224 e. The zero-order valence-corrected chi connectivity index (χ0v) is 19.0. The zero-order valence-electron chi connectivity index (χ0n) is 19.0. The summed E-state index contributed by atoms with van der Waals surface area (Å²) in [7, 11) is 2.08. The SMILES string of the molecule is C=CCOc1ccccc1CN1CCc2nnc(CNC(=O)C3CCCN(C)C3)n2CC1. The maximum atomic E-state index is 12.6. The van der Waals surface area contributed by atoms with Crippen LogP contribution >= 0.6 is 0 Å². The first kappa shape index (κ1) is 22.5. The maximum Gasteiger partial charge on any atom is 0.224 e. The van der Waals surface area contributed by atoms with Crippen LogP contribution in [0.3, 0.4) is 0 Å². The zero-order chi connectivity index (χ0) is 22.3. The van der Waals surface area contributed by atoms with Crippen molar-refractivity contribution in [3.8, 4) is 5.75 Å². The summed E-state index contributed by atoms with van der Waals surface area (Å²) >= 11 is 0. The summed E-state index contributed by atoms with van der Waals surface area (Å²) in [6.45, 7) is 10.0. The van der Waals surface area contributed by atoms with Crippen molar-refractivity contribution in [3.63, 3.8) is 0 Å². The standard InChI is InChI=1S/C24H34N6O2/c1-3-15-32-21-9-5-4-7-19(21)18-29-12-10-22-26-27-23(30(22)14-13-29)16-25-24(31)20-8-6-11-28(2)17-20/h3-5,7,9,20H,1,6,8,10-18H2,2H3,(H,25,31). The molecule has 1 aromatic heterocycles. The number of piperidine rings is 1. The molecule has 4 rings (SSSR count). The molecule has 1 saturated heterocycles. The Morgan fingerprint density at radius 2 is 2.12 bits per heavy atom. The lowest BCUT2D eigenvalue weighted by Gasteiger charge is -2.28. The van der Waals surface area contributed by atoms with E-state index in [0.29, 0.717) is 13.2 Å². The molecule has 3 heterocycles. The van der Waals surface area contributed by atoms with Gasteiger partial charge in [-0.2, -0.15) is 0 Å². The molecule has 1 unspecified atom stereocenters. The van der Waals surface area contributed by atoms with Gasteiger partial charge in [0.2, 0.25) is 5.91 Å². The molecular formula is C24H34N6O2. The van der Waals surface area contributed by atoms with E-state index in [2.05, 4.69) is 49.6 Å². The third-order valence-corrected chi connectivity index (χ3v) is 6.33. The van der Waals surface area contributed by atoms with Crippen LogP contribution in [0.1, 0.15) is 30.1 Å². The summed E-state index contributed by atoms with van der Waals surface area (Å²) in [6.07, 6.45) is 4.64. The Kier molecular flexibility index (Phi) is 7.55. The highest BCUT2D eigenvalue weighted by molar-refractivity contribution is 5.78. The van der Waals surface area contributed by atoms with Gasteiger partial charge in [0.1, 0.15) is 18.2 Å². The molecule has 0 bridgehead atoms. The molecule has 8 nitrogen and oxygen atoms in total. The summed E-state index contributed by atoms with van der Waals surface area (Å²) in [5.74, 6) is 2.94. The maximum absolute atomic E-state index is 12.6. The molecule has 0 radical (unpaired) electrons. The van der Waals surface area contributed by atoms with Crippen LogP contribution in [-0.4, -0.2) is 70.3 Å². The summed E-state index contributed by atoms with van der Waals surface area (Å²) in [6, 6.07) is 8.18. The molecule has 172 valence electrons. The number of likely N-dealkylation sites (tertiary alicyclic amines) is 1. The number of ether oxygens (including phenoxy) is 1. The molecule has 1 fully saturated rings. The molecule has 1 amide bonds. The number of fused-ring (bicyclic) bond motifs is 1. The lowest BCUT2D eigenvalue weighted by molar-refractivity contribution is -0.126. The van der Waals surface area contributed by atoms with E-state index in [1.54, 1.807) is 6.08 Å². The third-order valence-electron chi connectivity index (χ3n) is 6.33. The summed E-state index contributed by atoms with van der Waals surface area (Å²) in [5.41, 5.74) is 1.18. The monoisotopic (exact) mass is 438 g/mol. The van der Waals surface area contributed by atoms with Gasteiger partial charge in [-0.3, -0.25) is 9.69 Å². The van der Waals surface area contributed by atoms with Crippen LogP contribution in [0.2, 0.25) is 0 Å². The van der Waals surface area contributed by atoms with Crippen LogP contribution in [0.15, 0.2) is 36.9 Å². The predicted molar refractivity (Wildman–Crippen MR) is 123 cm³/mol. The average molecular weight is 439 g/mol. The Morgan fingerprint density at radius 3 is 2.97 bits per heavy atom. The average Bonchev–Trinajstić information content (AvgIpc) is 3.09. The van der Waals surface area contributed by atoms with Crippen molar-refractivity contribution in [3.05, 3.63) is 54.1 Å². The van der Waals surface area contributed by atoms with Gasteiger partial charge in [0, 0.05) is 44.7 Å². The van der Waals surface area contributed by atoms with Gasteiger partial charge in [-0.15, -0.1) is 10.2 Å². The van der Waals surface area contributed by atoms with Gasteiger partial charge in [-0.05, 0) is 32.5 Å². The number of nitrogens with zero attached hydrogens (tertiary/aromatic N) is 5. The van der Waals surface area contributed by atoms with E-state index in [9.17, 15) is 4.79 Å². The number of carbonyl (C=O) groups excluding carboxylic acids is 1. The predicted octanol–water partition coefficient (Wildman–Crippen LogP) is 1.86. The normalized spacial score (nSPS) is 19.7. The second kappa shape index (κ2) is 10.7. The van der Waals surface area contributed by atoms with E-state index < -0.39 is 0 Å². The number of rotatable bonds is 8. The molecule has 0 aliphatic carbocycles. The van der Waals surface area contributed by atoms with Gasteiger partial charge in [0.05, 0.1) is 12.5 Å². The quantitative estimate of drug-likeness (QED) is 0.634. The number of nitrogens with one attached hydrogen (secondary N) is 1. The molecule has 8 heteroatoms. The topological polar surface area (TPSA) is 75.5 Å². The minimum absolute atomic E-state index is 0.0687. The molecule has 1 atom stereocenters. The van der Waals surface area contributed by atoms with Gasteiger partial charge in [0.25, 0.3) is 0 Å². The fourth-order valence-electron chi connectivity index (χ4n) is 4.57. The van der Waals surface area contributed by atoms with Crippen LogP contribution in [0, 0.1) is 5.92 Å². The summed E-state index contributed by atoms with van der Waals surface area (Å²) in [4.78, 5) is 17.3. The Morgan fingerprint density at radius 1 is 1.25 bits per heavy atom. The lowest BCUT2D eigenvalue weighted by atomic mass is 9.98. The van der Waals surface area contributed by atoms with Gasteiger partial charge < -0.3 is 19.5 Å². The van der Waals surface area contributed by atoms with Crippen molar-refractivity contribution in [2.45, 2.75) is 38.9 Å². The number of para-hydroxylation sites is 1. The Labute approximate surface area is 190 Å². The van der Waals surface area contributed by atoms with Crippen molar-refractivity contribution in [1.29, 1.82) is 0 Å². The van der Waals surface area contributed by atoms with Gasteiger partial charge in [-0.1, -0.05) is 30.9 Å². The molecule has 2 aliphatic rings. The number of hydrogen-bond acceptors (Lipinski definition) is 6. The molecule has 32 heavy (non-hydrogen) atoms. The molecule has 2 aliphatic heterocycles. The molecule has 1 N–H and O–H groups in total. The first-order chi connectivity index (χ1) is 15.6. The van der Waals surface area contributed by atoms with Gasteiger partial charge >= 0.3 is 0 Å². The van der Waals surface area contributed by atoms with E-state index in [-0.39, 0.29) is 11.8 Å². The summed E-state index contributed by atoms with van der Waals surface area (Å²) < 4.78 is 7.99. The van der Waals surface area contributed by atoms with Crippen molar-refractivity contribution in [2.24, 2.45) is 5.92 Å². The van der Waals surface area contributed by atoms with E-state index in [4.69, 9.17) is 4.74 Å². The first-order valence-electron chi connectivity index (χ1n) is 11.5. The number of carbonyl (C=O) groups is 1. The Balaban J connectivity index is 1.33. The first-order valence-corrected chi connectivity index (χ1v) is 11.5. The minimum Gasteiger partial charge on any atom is -0.489 e. The third kappa shape index (κ3) is 5.55. The minimum atomic E-state index is 0.0687. The van der Waals surface area contributed by atoms with Crippen LogP contribution < -0.4 is 10.1 Å². The van der Waals surface area contributed by atoms with E-state index in [1.165, 1.54) is 5.56 Å². The molecular weight excluding hydrogens is 404 g/mol. The van der Waals surface area contributed by atoms with E-state index >= 15 is 0 Å². The highest BCUT2D eigenvalue weighted by Gasteiger charge is 2.25. The molecule has 0 saturated carbocycles. The lowest BCUT2D eigenvalue weighted by Crippen LogP contribution is -2.41. The highest BCUT2D eigenvalue weighted by Crippen LogP contribution is 2.21. The van der Waals surface area contributed by atoms with E-state index in [0.717, 1.165) is 75.9 Å². The molecule has 1 aromatic carbocycles. The highest BCUT2D eigenvalue weighted by atomic mass is 16.5. The fraction of sp³-hybridized carbons (Fsp3) is 0.542. The van der Waals surface area contributed by atoms with E-state index in [1.807, 2.05) is 18.2 Å². The number of hydrogen-bond donors (Lipinski definition) is 1. The summed E-state index contributed by atoms with van der Waals surface area (Å²) in [5, 5.41) is 11.9. The molecule has 2 aromatic rings. The second-order valence-electron chi connectivity index (χ2n) is 8.74. The van der Waals surface area contributed by atoms with Gasteiger partial charge in [0.15, 0.2) is 5.82 Å². The van der Waals surface area contributed by atoms with Crippen LogP contribution in [0.25, 0.3) is 0 Å². The Bertz CT molecular complexity index is 927. The largest absolute Gasteiger partial charge is 0.489 e. The fourth-order valence-corrected chi connectivity index (χ4v) is 4.57. The van der Waals surface area contributed by atoms with Crippen LogP contribution in [0.5, 0.6) is 5.75 Å². The number of benzene rings is 1. The second-order valence-corrected chi connectivity index (χ2v) is 8.74. The number of aromatic nitrogens is 3. The van der Waals surface area contributed by atoms with Crippen LogP contribution in [0.4, 0.5) is 0 Å². The van der Waals surface area contributed by atoms with Crippen molar-refractivity contribution in [2.75, 3.05) is 39.8 Å². The molecule has 0 spiro atoms.